The summed E-state index contributed by atoms with van der Waals surface area (Å²) in [6, 6.07) is 17.1. The van der Waals surface area contributed by atoms with E-state index < -0.39 is 0 Å². The van der Waals surface area contributed by atoms with Gasteiger partial charge in [0.1, 0.15) is 0 Å². The second kappa shape index (κ2) is 11.0. The first kappa shape index (κ1) is 22.9. The maximum atomic E-state index is 13.0. The molecule has 0 aliphatic heterocycles. The van der Waals surface area contributed by atoms with Gasteiger partial charge in [0.2, 0.25) is 0 Å². The van der Waals surface area contributed by atoms with Crippen LogP contribution in [0.25, 0.3) is 6.08 Å². The average molecular weight is 415 g/mol. The smallest absolute Gasteiger partial charge is 0.182 e. The van der Waals surface area contributed by atoms with E-state index in [0.717, 1.165) is 29.5 Å². The lowest BCUT2D eigenvalue weighted by molar-refractivity contribution is -0.115. The number of hydrogen-bond acceptors (Lipinski definition) is 2. The van der Waals surface area contributed by atoms with Crippen LogP contribution in [0.4, 0.5) is 0 Å². The van der Waals surface area contributed by atoms with Gasteiger partial charge in [0.05, 0.1) is 0 Å². The highest BCUT2D eigenvalue weighted by Gasteiger charge is 2.29. The monoisotopic (exact) mass is 414 g/mol. The molecule has 1 atom stereocenters. The molecule has 0 bridgehead atoms. The molecule has 0 radical (unpaired) electrons. The quantitative estimate of drug-likeness (QED) is 0.413. The summed E-state index contributed by atoms with van der Waals surface area (Å²) >= 11 is 0. The number of carbonyl (C=O) groups is 2. The lowest BCUT2D eigenvalue weighted by Crippen LogP contribution is -2.19. The number of benzene rings is 2. The first-order valence-electron chi connectivity index (χ1n) is 11.7. The zero-order valence-corrected chi connectivity index (χ0v) is 19.1. The van der Waals surface area contributed by atoms with Crippen LogP contribution in [0.1, 0.15) is 81.0 Å². The summed E-state index contributed by atoms with van der Waals surface area (Å²) in [4.78, 5) is 25.1. The highest BCUT2D eigenvalue weighted by molar-refractivity contribution is 6.14. The van der Waals surface area contributed by atoms with Gasteiger partial charge in [0, 0.05) is 11.5 Å². The number of allylic oxidation sites excluding steroid dienone is 3. The van der Waals surface area contributed by atoms with E-state index in [0.29, 0.717) is 12.0 Å². The first-order chi connectivity index (χ1) is 15.0. The Kier molecular flexibility index (Phi) is 8.17. The molecule has 0 saturated carbocycles. The van der Waals surface area contributed by atoms with Crippen LogP contribution in [0.5, 0.6) is 0 Å². The van der Waals surface area contributed by atoms with Crippen molar-refractivity contribution in [1.82, 2.24) is 0 Å². The molecule has 0 spiro atoms. The summed E-state index contributed by atoms with van der Waals surface area (Å²) in [5, 5.41) is 0. The van der Waals surface area contributed by atoms with Gasteiger partial charge in [-0.25, -0.2) is 0 Å². The molecule has 0 heterocycles. The van der Waals surface area contributed by atoms with Crippen molar-refractivity contribution in [2.45, 2.75) is 71.6 Å². The zero-order chi connectivity index (χ0) is 22.2. The van der Waals surface area contributed by atoms with Crippen molar-refractivity contribution < 1.29 is 9.59 Å². The van der Waals surface area contributed by atoms with Crippen molar-refractivity contribution in [2.75, 3.05) is 0 Å². The van der Waals surface area contributed by atoms with E-state index in [1.807, 2.05) is 6.08 Å². The second-order valence-corrected chi connectivity index (χ2v) is 8.64. The average Bonchev–Trinajstić information content (AvgIpc) is 2.78. The Balaban J connectivity index is 1.92. The highest BCUT2D eigenvalue weighted by Crippen LogP contribution is 2.37. The largest absolute Gasteiger partial charge is 0.295 e. The minimum absolute atomic E-state index is 0.0164. The third-order valence-electron chi connectivity index (χ3n) is 6.16. The van der Waals surface area contributed by atoms with Crippen LogP contribution < -0.4 is 0 Å². The topological polar surface area (TPSA) is 34.1 Å². The van der Waals surface area contributed by atoms with Crippen molar-refractivity contribution in [1.29, 1.82) is 0 Å². The molecule has 31 heavy (non-hydrogen) atoms. The van der Waals surface area contributed by atoms with Gasteiger partial charge >= 0.3 is 0 Å². The van der Waals surface area contributed by atoms with Crippen molar-refractivity contribution >= 4 is 17.6 Å². The summed E-state index contributed by atoms with van der Waals surface area (Å²) in [6.07, 6.45) is 11.0. The van der Waals surface area contributed by atoms with E-state index in [2.05, 4.69) is 62.4 Å². The van der Waals surface area contributed by atoms with Crippen molar-refractivity contribution in [2.24, 2.45) is 0 Å². The highest BCUT2D eigenvalue weighted by atomic mass is 16.1. The van der Waals surface area contributed by atoms with Crippen LogP contribution >= 0.6 is 0 Å². The Morgan fingerprint density at radius 3 is 1.97 bits per heavy atom. The Morgan fingerprint density at radius 1 is 0.903 bits per heavy atom. The lowest BCUT2D eigenvalue weighted by atomic mass is 9.77. The Morgan fingerprint density at radius 2 is 1.45 bits per heavy atom. The fourth-order valence-electron chi connectivity index (χ4n) is 4.16. The maximum absolute atomic E-state index is 13.0. The molecule has 3 rings (SSSR count). The van der Waals surface area contributed by atoms with Crippen LogP contribution in [0, 0.1) is 0 Å². The van der Waals surface area contributed by atoms with E-state index in [1.54, 1.807) is 6.92 Å². The third-order valence-corrected chi connectivity index (χ3v) is 6.16. The molecule has 0 saturated heterocycles. The summed E-state index contributed by atoms with van der Waals surface area (Å²) in [7, 11) is 0. The van der Waals surface area contributed by atoms with E-state index >= 15 is 0 Å². The molecule has 0 aromatic heterocycles. The number of unbranched alkanes of at least 4 members (excludes halogenated alkanes) is 2. The zero-order valence-electron chi connectivity index (χ0n) is 19.1. The van der Waals surface area contributed by atoms with Crippen LogP contribution in [0.2, 0.25) is 0 Å². The lowest BCUT2D eigenvalue weighted by Gasteiger charge is -2.25. The first-order valence-corrected chi connectivity index (χ1v) is 11.7. The number of rotatable bonds is 9. The summed E-state index contributed by atoms with van der Waals surface area (Å²) in [5.41, 5.74) is 6.18. The van der Waals surface area contributed by atoms with Crippen molar-refractivity contribution in [3.63, 3.8) is 0 Å². The second-order valence-electron chi connectivity index (χ2n) is 8.64. The van der Waals surface area contributed by atoms with Gasteiger partial charge in [-0.3, -0.25) is 9.59 Å². The SMILES string of the molecule is CCCCc1ccc(/C=C2\C(=O)C=C(C(C)=O)CC2c2ccc(CCCC)cc2)cc1. The van der Waals surface area contributed by atoms with Crippen molar-refractivity contribution in [3.05, 3.63) is 88.0 Å². The molecule has 0 N–H and O–H groups in total. The normalized spacial score (nSPS) is 17.6. The molecular formula is C29H34O2. The molecule has 2 heteroatoms. The Labute approximate surface area is 187 Å². The standard InChI is InChI=1S/C29H34O2/c1-4-6-8-22-10-12-24(13-11-22)18-28-27(19-26(21(3)30)20-29(28)31)25-16-14-23(15-17-25)9-7-5-2/h10-18,20,27H,4-9,19H2,1-3H3/b28-18-. The van der Waals surface area contributed by atoms with Crippen LogP contribution in [0.3, 0.4) is 0 Å². The minimum Gasteiger partial charge on any atom is -0.295 e. The molecule has 1 aliphatic rings. The summed E-state index contributed by atoms with van der Waals surface area (Å²) < 4.78 is 0. The molecule has 1 unspecified atom stereocenters. The van der Waals surface area contributed by atoms with Crippen LogP contribution in [-0.4, -0.2) is 11.6 Å². The molecule has 2 aromatic carbocycles. The van der Waals surface area contributed by atoms with Gasteiger partial charge in [0.25, 0.3) is 0 Å². The molecule has 0 amide bonds. The molecule has 162 valence electrons. The van der Waals surface area contributed by atoms with E-state index in [-0.39, 0.29) is 17.5 Å². The minimum atomic E-state index is -0.0867. The molecule has 2 aromatic rings. The van der Waals surface area contributed by atoms with E-state index in [4.69, 9.17) is 0 Å². The van der Waals surface area contributed by atoms with Gasteiger partial charge in [-0.1, -0.05) is 75.2 Å². The van der Waals surface area contributed by atoms with Crippen molar-refractivity contribution in [3.8, 4) is 0 Å². The fourth-order valence-corrected chi connectivity index (χ4v) is 4.16. The van der Waals surface area contributed by atoms with Crippen LogP contribution in [-0.2, 0) is 22.4 Å². The number of ketones is 2. The van der Waals surface area contributed by atoms with Gasteiger partial charge in [-0.2, -0.15) is 0 Å². The maximum Gasteiger partial charge on any atom is 0.182 e. The predicted octanol–water partition coefficient (Wildman–Crippen LogP) is 7.03. The summed E-state index contributed by atoms with van der Waals surface area (Å²) in [5.74, 6) is -0.153. The summed E-state index contributed by atoms with van der Waals surface area (Å²) in [6.45, 7) is 5.95. The number of carbonyl (C=O) groups excluding carboxylic acids is 2. The predicted molar refractivity (Wildman–Crippen MR) is 129 cm³/mol. The molecular weight excluding hydrogens is 380 g/mol. The third kappa shape index (κ3) is 6.13. The Hall–Kier alpha value is -2.74. The number of hydrogen-bond donors (Lipinski definition) is 0. The van der Waals surface area contributed by atoms with Gasteiger partial charge in [-0.05, 0) is 79.0 Å². The number of Topliss-reactive ketones (excluding diaryl/α,β-unsaturated/α-hetero) is 1. The molecule has 2 nitrogen and oxygen atoms in total. The van der Waals surface area contributed by atoms with Crippen LogP contribution in [0.15, 0.2) is 65.8 Å². The molecule has 0 fully saturated rings. The molecule has 1 aliphatic carbocycles. The van der Waals surface area contributed by atoms with E-state index in [9.17, 15) is 9.59 Å². The Bertz CT molecular complexity index is 959. The fraction of sp³-hybridized carbons (Fsp3) is 0.379. The van der Waals surface area contributed by atoms with Gasteiger partial charge in [-0.15, -0.1) is 0 Å². The van der Waals surface area contributed by atoms with Gasteiger partial charge in [0.15, 0.2) is 11.6 Å². The number of aryl methyl sites for hydroxylation is 2. The van der Waals surface area contributed by atoms with Gasteiger partial charge < -0.3 is 0 Å². The van der Waals surface area contributed by atoms with E-state index in [1.165, 1.54) is 42.9 Å².